The van der Waals surface area contributed by atoms with Gasteiger partial charge in [-0.25, -0.2) is 4.98 Å². The Morgan fingerprint density at radius 2 is 2.04 bits per heavy atom. The minimum absolute atomic E-state index is 0.289. The van der Waals surface area contributed by atoms with E-state index in [1.807, 2.05) is 13.8 Å². The molecule has 0 aliphatic carbocycles. The first-order valence-corrected chi connectivity index (χ1v) is 9.15. The molecule has 3 aromatic heterocycles. The SMILES string of the molecule is CCOc1nnc(NC(=O)c2cnc(C)cc2-c2cc(Cl)ncc2OC)s1. The van der Waals surface area contributed by atoms with E-state index in [4.69, 9.17) is 21.1 Å². The van der Waals surface area contributed by atoms with Crippen LogP contribution in [0.15, 0.2) is 24.5 Å². The van der Waals surface area contributed by atoms with E-state index in [0.717, 1.165) is 17.0 Å². The summed E-state index contributed by atoms with van der Waals surface area (Å²) < 4.78 is 10.6. The number of carbonyl (C=O) groups is 1. The number of halogens is 1. The van der Waals surface area contributed by atoms with Crippen LogP contribution in [0.3, 0.4) is 0 Å². The molecular formula is C17H16ClN5O3S. The van der Waals surface area contributed by atoms with Gasteiger partial charge >= 0.3 is 0 Å². The van der Waals surface area contributed by atoms with Gasteiger partial charge in [-0.15, -0.1) is 5.10 Å². The molecule has 10 heteroatoms. The summed E-state index contributed by atoms with van der Waals surface area (Å²) in [6.45, 7) is 4.15. The summed E-state index contributed by atoms with van der Waals surface area (Å²) in [7, 11) is 1.53. The van der Waals surface area contributed by atoms with E-state index < -0.39 is 0 Å². The monoisotopic (exact) mass is 405 g/mol. The van der Waals surface area contributed by atoms with Gasteiger partial charge in [-0.05, 0) is 37.3 Å². The number of carbonyl (C=O) groups excluding carboxylic acids is 1. The largest absolute Gasteiger partial charge is 0.494 e. The third-order valence-corrected chi connectivity index (χ3v) is 4.48. The van der Waals surface area contributed by atoms with Crippen molar-refractivity contribution in [3.8, 4) is 22.1 Å². The van der Waals surface area contributed by atoms with Gasteiger partial charge in [-0.2, -0.15) is 0 Å². The Kier molecular flexibility index (Phi) is 5.82. The molecule has 0 atom stereocenters. The minimum Gasteiger partial charge on any atom is -0.494 e. The summed E-state index contributed by atoms with van der Waals surface area (Å²) in [6, 6.07) is 3.43. The number of aryl methyl sites for hydroxylation is 1. The van der Waals surface area contributed by atoms with Gasteiger partial charge in [-0.1, -0.05) is 16.7 Å². The van der Waals surface area contributed by atoms with Gasteiger partial charge in [0.15, 0.2) is 0 Å². The highest BCUT2D eigenvalue weighted by Crippen LogP contribution is 2.34. The smallest absolute Gasteiger partial charge is 0.295 e. The molecule has 3 heterocycles. The van der Waals surface area contributed by atoms with Gasteiger partial charge < -0.3 is 9.47 Å². The van der Waals surface area contributed by atoms with Crippen molar-refractivity contribution in [2.24, 2.45) is 0 Å². The average Bonchev–Trinajstić information content (AvgIpc) is 3.08. The molecular weight excluding hydrogens is 390 g/mol. The Balaban J connectivity index is 1.99. The van der Waals surface area contributed by atoms with E-state index in [0.29, 0.717) is 39.4 Å². The summed E-state index contributed by atoms with van der Waals surface area (Å²) in [6.07, 6.45) is 3.01. The Labute approximate surface area is 164 Å². The molecule has 27 heavy (non-hydrogen) atoms. The molecule has 0 fully saturated rings. The average molecular weight is 406 g/mol. The fourth-order valence-electron chi connectivity index (χ4n) is 2.36. The quantitative estimate of drug-likeness (QED) is 0.625. The van der Waals surface area contributed by atoms with Crippen LogP contribution in [-0.4, -0.2) is 39.8 Å². The minimum atomic E-state index is -0.383. The Hall–Kier alpha value is -2.78. The molecule has 3 aromatic rings. The first-order valence-electron chi connectivity index (χ1n) is 7.96. The maximum absolute atomic E-state index is 12.8. The van der Waals surface area contributed by atoms with Crippen LogP contribution in [0.25, 0.3) is 11.1 Å². The zero-order valence-electron chi connectivity index (χ0n) is 14.8. The van der Waals surface area contributed by atoms with E-state index in [9.17, 15) is 4.79 Å². The van der Waals surface area contributed by atoms with Gasteiger partial charge in [0.05, 0.1) is 25.5 Å². The molecule has 0 bridgehead atoms. The zero-order chi connectivity index (χ0) is 19.4. The molecule has 1 amide bonds. The number of nitrogens with one attached hydrogen (secondary N) is 1. The second kappa shape index (κ2) is 8.28. The third kappa shape index (κ3) is 4.32. The van der Waals surface area contributed by atoms with Crippen molar-refractivity contribution in [2.75, 3.05) is 19.0 Å². The summed E-state index contributed by atoms with van der Waals surface area (Å²) in [5.74, 6) is 0.111. The van der Waals surface area contributed by atoms with Crippen LogP contribution >= 0.6 is 22.9 Å². The van der Waals surface area contributed by atoms with Crippen molar-refractivity contribution < 1.29 is 14.3 Å². The lowest BCUT2D eigenvalue weighted by atomic mass is 10.0. The summed E-state index contributed by atoms with van der Waals surface area (Å²) >= 11 is 7.19. The molecule has 0 saturated heterocycles. The number of rotatable bonds is 6. The number of anilines is 1. The number of hydrogen-bond acceptors (Lipinski definition) is 8. The van der Waals surface area contributed by atoms with Gasteiger partial charge in [0.25, 0.3) is 11.1 Å². The number of ether oxygens (including phenoxy) is 2. The molecule has 3 rings (SSSR count). The highest BCUT2D eigenvalue weighted by atomic mass is 35.5. The Morgan fingerprint density at radius 3 is 2.78 bits per heavy atom. The topological polar surface area (TPSA) is 99.1 Å². The summed E-state index contributed by atoms with van der Waals surface area (Å²) in [5, 5.41) is 11.5. The molecule has 0 aliphatic heterocycles. The number of hydrogen-bond donors (Lipinski definition) is 1. The second-order valence-corrected chi connectivity index (χ2v) is 6.67. The van der Waals surface area contributed by atoms with Crippen LogP contribution in [0.1, 0.15) is 23.0 Å². The summed E-state index contributed by atoms with van der Waals surface area (Å²) in [5.41, 5.74) is 2.34. The molecule has 8 nitrogen and oxygen atoms in total. The van der Waals surface area contributed by atoms with Gasteiger partial charge in [0.1, 0.15) is 10.9 Å². The highest BCUT2D eigenvalue weighted by molar-refractivity contribution is 7.17. The van der Waals surface area contributed by atoms with Crippen molar-refractivity contribution in [3.63, 3.8) is 0 Å². The van der Waals surface area contributed by atoms with Crippen LogP contribution < -0.4 is 14.8 Å². The molecule has 1 N–H and O–H groups in total. The number of nitrogens with zero attached hydrogens (tertiary/aromatic N) is 4. The molecule has 0 aromatic carbocycles. The van der Waals surface area contributed by atoms with Crippen molar-refractivity contribution in [1.82, 2.24) is 20.2 Å². The van der Waals surface area contributed by atoms with Crippen LogP contribution in [0.4, 0.5) is 5.13 Å². The number of pyridine rings is 2. The molecule has 0 saturated carbocycles. The zero-order valence-corrected chi connectivity index (χ0v) is 16.4. The maximum Gasteiger partial charge on any atom is 0.295 e. The van der Waals surface area contributed by atoms with Crippen LogP contribution in [-0.2, 0) is 0 Å². The van der Waals surface area contributed by atoms with Gasteiger partial charge in [-0.3, -0.25) is 15.1 Å². The molecule has 0 aliphatic rings. The Morgan fingerprint density at radius 1 is 1.22 bits per heavy atom. The summed E-state index contributed by atoms with van der Waals surface area (Å²) in [4.78, 5) is 21.1. The lowest BCUT2D eigenvalue weighted by Crippen LogP contribution is -2.14. The number of aromatic nitrogens is 4. The van der Waals surface area contributed by atoms with E-state index in [2.05, 4.69) is 25.5 Å². The standard InChI is InChI=1S/C17H16ClN5O3S/c1-4-26-17-23-22-16(27-17)21-15(24)12-7-19-9(2)5-10(12)11-6-14(18)20-8-13(11)25-3/h5-8H,4H2,1-3H3,(H,21,22,24). The van der Waals surface area contributed by atoms with Crippen molar-refractivity contribution >= 4 is 34.0 Å². The van der Waals surface area contributed by atoms with Crippen LogP contribution in [0, 0.1) is 6.92 Å². The fourth-order valence-corrected chi connectivity index (χ4v) is 3.17. The van der Waals surface area contributed by atoms with Gasteiger partial charge in [0.2, 0.25) is 5.13 Å². The van der Waals surface area contributed by atoms with Crippen molar-refractivity contribution in [2.45, 2.75) is 13.8 Å². The number of methoxy groups -OCH3 is 1. The van der Waals surface area contributed by atoms with Crippen molar-refractivity contribution in [3.05, 3.63) is 40.9 Å². The lowest BCUT2D eigenvalue weighted by Gasteiger charge is -2.13. The van der Waals surface area contributed by atoms with Crippen LogP contribution in [0.5, 0.6) is 10.9 Å². The molecule has 140 valence electrons. The Bertz CT molecular complexity index is 979. The third-order valence-electron chi connectivity index (χ3n) is 3.52. The maximum atomic E-state index is 12.8. The first-order chi connectivity index (χ1) is 13.0. The van der Waals surface area contributed by atoms with E-state index in [1.165, 1.54) is 19.5 Å². The highest BCUT2D eigenvalue weighted by Gasteiger charge is 2.19. The van der Waals surface area contributed by atoms with Crippen LogP contribution in [0.2, 0.25) is 5.15 Å². The predicted molar refractivity (Wildman–Crippen MR) is 103 cm³/mol. The van der Waals surface area contributed by atoms with Gasteiger partial charge in [0, 0.05) is 23.0 Å². The van der Waals surface area contributed by atoms with E-state index >= 15 is 0 Å². The fraction of sp³-hybridized carbons (Fsp3) is 0.235. The normalized spacial score (nSPS) is 10.5. The predicted octanol–water partition coefficient (Wildman–Crippen LogP) is 3.62. The van der Waals surface area contributed by atoms with E-state index in [1.54, 1.807) is 12.1 Å². The molecule has 0 radical (unpaired) electrons. The van der Waals surface area contributed by atoms with E-state index in [-0.39, 0.29) is 11.1 Å². The first kappa shape index (κ1) is 19.0. The number of amides is 1. The second-order valence-electron chi connectivity index (χ2n) is 5.34. The molecule has 0 unspecified atom stereocenters. The lowest BCUT2D eigenvalue weighted by molar-refractivity contribution is 0.102. The van der Waals surface area contributed by atoms with Crippen molar-refractivity contribution in [1.29, 1.82) is 0 Å². The molecule has 0 spiro atoms.